The number of piperidine rings is 1. The van der Waals surface area contributed by atoms with Gasteiger partial charge in [0.1, 0.15) is 6.04 Å². The third-order valence-corrected chi connectivity index (χ3v) is 5.86. The highest BCUT2D eigenvalue weighted by atomic mass is 32.2. The summed E-state index contributed by atoms with van der Waals surface area (Å²) < 4.78 is 26.4. The lowest BCUT2D eigenvalue weighted by Crippen LogP contribution is -2.50. The molecule has 3 saturated heterocycles. The smallest absolute Gasteiger partial charge is 0.337 e. The van der Waals surface area contributed by atoms with Crippen LogP contribution < -0.4 is 10.8 Å². The number of nitrogens with zero attached hydrogens (tertiary/aromatic N) is 4. The number of carbonyl (C=O) groups is 2. The lowest BCUT2D eigenvalue weighted by Gasteiger charge is -2.29. The minimum Gasteiger partial charge on any atom is -0.337 e. The van der Waals surface area contributed by atoms with Crippen LogP contribution in [0.5, 0.6) is 0 Å². The van der Waals surface area contributed by atoms with Crippen LogP contribution in [-0.4, -0.2) is 78.0 Å². The summed E-state index contributed by atoms with van der Waals surface area (Å²) in [7, 11) is 0. The van der Waals surface area contributed by atoms with Gasteiger partial charge in [0.2, 0.25) is 0 Å². The van der Waals surface area contributed by atoms with Gasteiger partial charge in [-0.05, 0) is 25.2 Å². The fourth-order valence-electron chi connectivity index (χ4n) is 4.21. The maximum Gasteiger partial charge on any atom is 0.346 e. The second kappa shape index (κ2) is 8.75. The van der Waals surface area contributed by atoms with Gasteiger partial charge >= 0.3 is 17.4 Å². The van der Waals surface area contributed by atoms with Gasteiger partial charge in [0.25, 0.3) is 5.91 Å². The van der Waals surface area contributed by atoms with Crippen molar-refractivity contribution in [3.8, 4) is 0 Å². The lowest BCUT2D eigenvalue weighted by atomic mass is 10.0. The zero-order valence-corrected chi connectivity index (χ0v) is 16.5. The molecule has 1 aromatic rings. The van der Waals surface area contributed by atoms with Crippen molar-refractivity contribution in [2.45, 2.75) is 43.9 Å². The summed E-state index contributed by atoms with van der Waals surface area (Å²) in [6.45, 7) is 2.35. The molecule has 3 aliphatic rings. The molecule has 0 aliphatic carbocycles. The van der Waals surface area contributed by atoms with E-state index in [4.69, 9.17) is 9.39 Å². The average molecular weight is 428 g/mol. The minimum absolute atomic E-state index is 0.136. The summed E-state index contributed by atoms with van der Waals surface area (Å²) >= 11 is -2.59. The van der Waals surface area contributed by atoms with Gasteiger partial charge in [0.15, 0.2) is 0 Å². The molecule has 13 heteroatoms. The number of hydrogen-bond donors (Lipinski definition) is 3. The Kier molecular flexibility index (Phi) is 6.10. The fourth-order valence-corrected chi connectivity index (χ4v) is 4.54. The van der Waals surface area contributed by atoms with Crippen molar-refractivity contribution < 1.29 is 27.5 Å². The average Bonchev–Trinajstić information content (AvgIpc) is 3.41. The molecule has 160 valence electrons. The summed E-state index contributed by atoms with van der Waals surface area (Å²) in [6, 6.07) is -1.48. The Morgan fingerprint density at radius 2 is 2.31 bits per heavy atom. The van der Waals surface area contributed by atoms with Gasteiger partial charge in [-0.25, -0.2) is 15.3 Å². The van der Waals surface area contributed by atoms with Crippen LogP contribution in [0.2, 0.25) is 0 Å². The SMILES string of the molecule is O=C(NOC[C@@H]1C[C@@H](Cn2ccnc2)CN1)C1CCC2CN1C(=O)N2OS(=O)O. The summed E-state index contributed by atoms with van der Waals surface area (Å²) in [4.78, 5) is 35.6. The van der Waals surface area contributed by atoms with Crippen LogP contribution >= 0.6 is 0 Å². The van der Waals surface area contributed by atoms with E-state index in [1.165, 1.54) is 4.90 Å². The minimum atomic E-state index is -2.59. The van der Waals surface area contributed by atoms with E-state index in [-0.39, 0.29) is 18.6 Å². The first-order valence-electron chi connectivity index (χ1n) is 9.51. The van der Waals surface area contributed by atoms with Crippen molar-refractivity contribution in [1.29, 1.82) is 0 Å². The van der Waals surface area contributed by atoms with Gasteiger partial charge in [-0.2, -0.15) is 9.27 Å². The normalized spacial score (nSPS) is 30.0. The van der Waals surface area contributed by atoms with E-state index in [2.05, 4.69) is 20.1 Å². The van der Waals surface area contributed by atoms with E-state index in [0.29, 0.717) is 25.4 Å². The Hall–Kier alpha value is -2.06. The maximum absolute atomic E-state index is 12.5. The highest BCUT2D eigenvalue weighted by molar-refractivity contribution is 7.74. The number of rotatable bonds is 8. The Labute approximate surface area is 169 Å². The van der Waals surface area contributed by atoms with Gasteiger partial charge in [0.05, 0.1) is 19.0 Å². The van der Waals surface area contributed by atoms with Crippen molar-refractivity contribution in [3.05, 3.63) is 18.7 Å². The number of aromatic nitrogens is 2. The van der Waals surface area contributed by atoms with Gasteiger partial charge in [-0.3, -0.25) is 14.2 Å². The molecule has 5 atom stereocenters. The van der Waals surface area contributed by atoms with E-state index in [0.717, 1.165) is 24.6 Å². The molecule has 0 saturated carbocycles. The molecule has 29 heavy (non-hydrogen) atoms. The number of fused-ring (bicyclic) bond motifs is 2. The molecular formula is C16H24N6O6S. The molecule has 12 nitrogen and oxygen atoms in total. The summed E-state index contributed by atoms with van der Waals surface area (Å²) in [5.74, 6) is 0.0609. The third kappa shape index (κ3) is 4.59. The highest BCUT2D eigenvalue weighted by Crippen LogP contribution is 2.30. The second-order valence-electron chi connectivity index (χ2n) is 7.54. The number of hydroxylamine groups is 3. The zero-order chi connectivity index (χ0) is 20.4. The van der Waals surface area contributed by atoms with Crippen LogP contribution in [0.4, 0.5) is 4.79 Å². The Morgan fingerprint density at radius 3 is 3.07 bits per heavy atom. The van der Waals surface area contributed by atoms with Crippen molar-refractivity contribution >= 4 is 23.3 Å². The molecule has 3 aliphatic heterocycles. The largest absolute Gasteiger partial charge is 0.346 e. The van der Waals surface area contributed by atoms with Crippen molar-refractivity contribution in [2.75, 3.05) is 19.7 Å². The molecule has 0 spiro atoms. The van der Waals surface area contributed by atoms with Crippen LogP contribution in [0.3, 0.4) is 0 Å². The van der Waals surface area contributed by atoms with Gasteiger partial charge in [-0.1, -0.05) is 0 Å². The van der Waals surface area contributed by atoms with Crippen molar-refractivity contribution in [3.63, 3.8) is 0 Å². The highest BCUT2D eigenvalue weighted by Gasteiger charge is 2.48. The number of nitrogens with one attached hydrogen (secondary N) is 2. The van der Waals surface area contributed by atoms with Crippen LogP contribution in [0.15, 0.2) is 18.7 Å². The number of hydrogen-bond acceptors (Lipinski definition) is 7. The van der Waals surface area contributed by atoms with E-state index in [1.54, 1.807) is 12.5 Å². The quantitative estimate of drug-likeness (QED) is 0.363. The molecule has 4 rings (SSSR count). The van der Waals surface area contributed by atoms with Crippen LogP contribution in [0.1, 0.15) is 19.3 Å². The van der Waals surface area contributed by atoms with Gasteiger partial charge in [-0.15, -0.1) is 4.28 Å². The molecule has 3 amide bonds. The van der Waals surface area contributed by atoms with Crippen LogP contribution in [0, 0.1) is 5.92 Å². The summed E-state index contributed by atoms with van der Waals surface area (Å²) in [5, 5.41) is 4.26. The van der Waals surface area contributed by atoms with E-state index < -0.39 is 29.3 Å². The molecule has 3 unspecified atom stereocenters. The lowest BCUT2D eigenvalue weighted by molar-refractivity contribution is -0.139. The topological polar surface area (TPSA) is 138 Å². The number of imidazole rings is 1. The Balaban J connectivity index is 1.20. The number of urea groups is 1. The monoisotopic (exact) mass is 428 g/mol. The fraction of sp³-hybridized carbons (Fsp3) is 0.688. The van der Waals surface area contributed by atoms with E-state index in [9.17, 15) is 13.8 Å². The summed E-state index contributed by atoms with van der Waals surface area (Å²) in [5.41, 5.74) is 2.44. The molecule has 3 fully saturated rings. The molecule has 0 radical (unpaired) electrons. The summed E-state index contributed by atoms with van der Waals surface area (Å²) in [6.07, 6.45) is 7.33. The molecule has 0 aromatic carbocycles. The van der Waals surface area contributed by atoms with Crippen LogP contribution in [0.25, 0.3) is 0 Å². The van der Waals surface area contributed by atoms with Gasteiger partial charge < -0.3 is 14.8 Å². The van der Waals surface area contributed by atoms with Crippen LogP contribution in [-0.2, 0) is 31.8 Å². The standard InChI is InChI=1S/C16H24N6O6S/c23-15(14-2-1-13-8-21(14)16(24)22(13)28-29(25)26)19-27-9-12-5-11(6-18-12)7-20-4-3-17-10-20/h3-4,10-14,18H,1-2,5-9H2,(H,19,23)(H,25,26)/t11-,12+,13?,14?/m1/s1. The Morgan fingerprint density at radius 1 is 1.45 bits per heavy atom. The van der Waals surface area contributed by atoms with Crippen molar-refractivity contribution in [2.24, 2.45) is 5.92 Å². The van der Waals surface area contributed by atoms with E-state index in [1.807, 2.05) is 10.8 Å². The molecule has 1 aromatic heterocycles. The first-order chi connectivity index (χ1) is 14.0. The number of amides is 3. The molecule has 3 N–H and O–H groups in total. The number of carbonyl (C=O) groups excluding carboxylic acids is 2. The van der Waals surface area contributed by atoms with E-state index >= 15 is 0 Å². The Bertz CT molecular complexity index is 763. The van der Waals surface area contributed by atoms with Gasteiger partial charge in [0, 0.05) is 38.1 Å². The molecule has 2 bridgehead atoms. The predicted octanol–water partition coefficient (Wildman–Crippen LogP) is -0.754. The molecular weight excluding hydrogens is 404 g/mol. The predicted molar refractivity (Wildman–Crippen MR) is 98.8 cm³/mol. The zero-order valence-electron chi connectivity index (χ0n) is 15.7. The third-order valence-electron chi connectivity index (χ3n) is 5.57. The second-order valence-corrected chi connectivity index (χ2v) is 8.13. The maximum atomic E-state index is 12.5. The van der Waals surface area contributed by atoms with Crippen molar-refractivity contribution in [1.82, 2.24) is 30.3 Å². The first-order valence-corrected chi connectivity index (χ1v) is 10.5. The first kappa shape index (κ1) is 20.2. The molecule has 4 heterocycles.